The Morgan fingerprint density at radius 2 is 1.94 bits per heavy atom. The number of rotatable bonds is 5. The second-order valence-electron chi connectivity index (χ2n) is 8.43. The number of carbonyl (C=O) groups excluding carboxylic acids is 1. The summed E-state index contributed by atoms with van der Waals surface area (Å²) in [5, 5.41) is 4.02. The van der Waals surface area contributed by atoms with Gasteiger partial charge in [0.05, 0.1) is 17.3 Å². The summed E-state index contributed by atoms with van der Waals surface area (Å²) in [5.41, 5.74) is 0.394. The van der Waals surface area contributed by atoms with Gasteiger partial charge in [-0.15, -0.1) is 0 Å². The molecule has 9 nitrogen and oxygen atoms in total. The van der Waals surface area contributed by atoms with E-state index >= 15 is 0 Å². The zero-order valence-corrected chi connectivity index (χ0v) is 18.7. The van der Waals surface area contributed by atoms with Crippen molar-refractivity contribution in [1.82, 2.24) is 14.4 Å². The summed E-state index contributed by atoms with van der Waals surface area (Å²) in [7, 11) is -3.76. The first-order valence-electron chi connectivity index (χ1n) is 10.4. The molecule has 1 aromatic carbocycles. The Hall–Kier alpha value is -2.17. The quantitative estimate of drug-likeness (QED) is 0.666. The average Bonchev–Trinajstić information content (AvgIpc) is 3.49. The molecule has 1 aliphatic carbocycles. The van der Waals surface area contributed by atoms with Gasteiger partial charge in [0.2, 0.25) is 15.9 Å². The van der Waals surface area contributed by atoms with E-state index < -0.39 is 10.0 Å². The maximum absolute atomic E-state index is 13.2. The van der Waals surface area contributed by atoms with Crippen molar-refractivity contribution in [3.8, 4) is 5.75 Å². The van der Waals surface area contributed by atoms with Crippen LogP contribution in [0.3, 0.4) is 0 Å². The van der Waals surface area contributed by atoms with Crippen LogP contribution in [0, 0.1) is 5.92 Å². The van der Waals surface area contributed by atoms with E-state index in [4.69, 9.17) is 20.9 Å². The summed E-state index contributed by atoms with van der Waals surface area (Å²) in [6, 6.07) is 2.88. The molecule has 1 aromatic heterocycles. The largest absolute Gasteiger partial charge is 0.482 e. The molecule has 2 aromatic rings. The van der Waals surface area contributed by atoms with Gasteiger partial charge in [0.15, 0.2) is 12.4 Å². The molecule has 0 N–H and O–H groups in total. The summed E-state index contributed by atoms with van der Waals surface area (Å²) >= 11 is 6.41. The van der Waals surface area contributed by atoms with Gasteiger partial charge in [-0.3, -0.25) is 9.69 Å². The van der Waals surface area contributed by atoms with Crippen LogP contribution >= 0.6 is 11.6 Å². The molecule has 3 heterocycles. The van der Waals surface area contributed by atoms with Crippen LogP contribution in [0.25, 0.3) is 0 Å². The Morgan fingerprint density at radius 1 is 1.19 bits per heavy atom. The Labute approximate surface area is 185 Å². The van der Waals surface area contributed by atoms with Crippen LogP contribution in [0.2, 0.25) is 5.02 Å². The number of aromatic nitrogens is 2. The van der Waals surface area contributed by atoms with Crippen LogP contribution in [0.4, 0.5) is 5.69 Å². The van der Waals surface area contributed by atoms with Gasteiger partial charge >= 0.3 is 0 Å². The van der Waals surface area contributed by atoms with Crippen LogP contribution in [-0.2, 0) is 21.4 Å². The number of hydrogen-bond acceptors (Lipinski definition) is 7. The lowest BCUT2D eigenvalue weighted by atomic mass is 10.0. The minimum atomic E-state index is -3.76. The van der Waals surface area contributed by atoms with E-state index in [0.29, 0.717) is 48.1 Å². The van der Waals surface area contributed by atoms with E-state index in [2.05, 4.69) is 17.1 Å². The number of sulfonamides is 1. The number of hydrogen-bond donors (Lipinski definition) is 0. The SMILES string of the molecule is CC1CCN(S(=O)(=O)c2cc3c(cc2Cl)N(Cc2noc(C4CC4)n2)C(=O)CO3)CC1. The van der Waals surface area contributed by atoms with Gasteiger partial charge in [0.1, 0.15) is 10.6 Å². The highest BCUT2D eigenvalue weighted by Gasteiger charge is 2.35. The summed E-state index contributed by atoms with van der Waals surface area (Å²) in [4.78, 5) is 18.3. The van der Waals surface area contributed by atoms with E-state index in [0.717, 1.165) is 25.7 Å². The fraction of sp³-hybridized carbons (Fsp3) is 0.550. The molecule has 0 radical (unpaired) electrons. The van der Waals surface area contributed by atoms with Crippen LogP contribution in [-0.4, -0.2) is 48.5 Å². The number of ether oxygens (including phenoxy) is 1. The normalized spacial score (nSPS) is 20.6. The fourth-order valence-corrected chi connectivity index (χ4v) is 5.89. The van der Waals surface area contributed by atoms with Crippen molar-refractivity contribution in [3.05, 3.63) is 28.9 Å². The monoisotopic (exact) mass is 466 g/mol. The number of amides is 1. The number of fused-ring (bicyclic) bond motifs is 1. The maximum Gasteiger partial charge on any atom is 0.265 e. The van der Waals surface area contributed by atoms with Gasteiger partial charge in [0.25, 0.3) is 5.91 Å². The summed E-state index contributed by atoms with van der Waals surface area (Å²) in [6.07, 6.45) is 3.69. The first-order chi connectivity index (χ1) is 14.8. The molecular formula is C20H23ClN4O5S. The molecule has 0 bridgehead atoms. The topological polar surface area (TPSA) is 106 Å². The lowest BCUT2D eigenvalue weighted by Gasteiger charge is -2.31. The van der Waals surface area contributed by atoms with Crippen LogP contribution in [0.1, 0.15) is 50.2 Å². The Morgan fingerprint density at radius 3 is 2.65 bits per heavy atom. The van der Waals surface area contributed by atoms with Gasteiger partial charge < -0.3 is 9.26 Å². The van der Waals surface area contributed by atoms with E-state index in [9.17, 15) is 13.2 Å². The lowest BCUT2D eigenvalue weighted by molar-refractivity contribution is -0.121. The molecule has 2 aliphatic heterocycles. The smallest absolute Gasteiger partial charge is 0.265 e. The molecular weight excluding hydrogens is 444 g/mol. The van der Waals surface area contributed by atoms with Gasteiger partial charge in [0, 0.05) is 25.1 Å². The highest BCUT2D eigenvalue weighted by Crippen LogP contribution is 2.41. The number of halogens is 1. The first kappa shape index (κ1) is 20.7. The second-order valence-corrected chi connectivity index (χ2v) is 10.7. The average molecular weight is 467 g/mol. The van der Waals surface area contributed by atoms with Crippen molar-refractivity contribution in [3.63, 3.8) is 0 Å². The van der Waals surface area contributed by atoms with Gasteiger partial charge in [-0.25, -0.2) is 8.42 Å². The maximum atomic E-state index is 13.2. The lowest BCUT2D eigenvalue weighted by Crippen LogP contribution is -2.39. The third kappa shape index (κ3) is 3.92. The molecule has 3 aliphatic rings. The van der Waals surface area contributed by atoms with Crippen molar-refractivity contribution < 1.29 is 22.5 Å². The second kappa shape index (κ2) is 7.75. The molecule has 31 heavy (non-hydrogen) atoms. The van der Waals surface area contributed by atoms with E-state index in [1.807, 2.05) is 0 Å². The summed E-state index contributed by atoms with van der Waals surface area (Å²) < 4.78 is 38.7. The van der Waals surface area contributed by atoms with E-state index in [1.165, 1.54) is 21.3 Å². The minimum absolute atomic E-state index is 0.00708. The van der Waals surface area contributed by atoms with Crippen LogP contribution in [0.15, 0.2) is 21.6 Å². The minimum Gasteiger partial charge on any atom is -0.482 e. The van der Waals surface area contributed by atoms with Gasteiger partial charge in [-0.2, -0.15) is 9.29 Å². The van der Waals surface area contributed by atoms with Crippen LogP contribution in [0.5, 0.6) is 5.75 Å². The molecule has 0 atom stereocenters. The Balaban J connectivity index is 1.44. The Kier molecular flexibility index (Phi) is 5.18. The molecule has 166 valence electrons. The molecule has 5 rings (SSSR count). The number of benzene rings is 1. The molecule has 1 saturated heterocycles. The first-order valence-corrected chi connectivity index (χ1v) is 12.2. The number of anilines is 1. The highest BCUT2D eigenvalue weighted by atomic mass is 35.5. The third-order valence-electron chi connectivity index (χ3n) is 6.03. The zero-order valence-electron chi connectivity index (χ0n) is 17.1. The highest BCUT2D eigenvalue weighted by molar-refractivity contribution is 7.89. The van der Waals surface area contributed by atoms with Crippen molar-refractivity contribution in [1.29, 1.82) is 0 Å². The van der Waals surface area contributed by atoms with Crippen molar-refractivity contribution in [2.75, 3.05) is 24.6 Å². The number of nitrogens with zero attached hydrogens (tertiary/aromatic N) is 4. The molecule has 1 saturated carbocycles. The van der Waals surface area contributed by atoms with Crippen molar-refractivity contribution in [2.45, 2.75) is 50.0 Å². The molecule has 11 heteroatoms. The predicted octanol–water partition coefficient (Wildman–Crippen LogP) is 2.95. The zero-order chi connectivity index (χ0) is 21.8. The standard InChI is InChI=1S/C20H23ClN4O5S/c1-12-4-6-24(7-5-12)31(27,28)17-9-16-15(8-14(17)21)25(19(26)11-29-16)10-18-22-20(30-23-18)13-2-3-13/h8-9,12-13H,2-7,10-11H2,1H3. The van der Waals surface area contributed by atoms with Crippen molar-refractivity contribution >= 4 is 33.2 Å². The molecule has 0 unspecified atom stereocenters. The number of carbonyl (C=O) groups is 1. The Bertz CT molecular complexity index is 1120. The third-order valence-corrected chi connectivity index (χ3v) is 8.39. The molecule has 1 amide bonds. The van der Waals surface area contributed by atoms with E-state index in [1.54, 1.807) is 0 Å². The van der Waals surface area contributed by atoms with E-state index in [-0.39, 0.29) is 29.0 Å². The van der Waals surface area contributed by atoms with Crippen LogP contribution < -0.4 is 9.64 Å². The van der Waals surface area contributed by atoms with Gasteiger partial charge in [-0.1, -0.05) is 23.7 Å². The number of piperidine rings is 1. The predicted molar refractivity (Wildman–Crippen MR) is 112 cm³/mol. The van der Waals surface area contributed by atoms with Crippen molar-refractivity contribution in [2.24, 2.45) is 5.92 Å². The summed E-state index contributed by atoms with van der Waals surface area (Å²) in [5.74, 6) is 1.79. The molecule has 2 fully saturated rings. The molecule has 0 spiro atoms. The summed E-state index contributed by atoms with van der Waals surface area (Å²) in [6.45, 7) is 2.93. The fourth-order valence-electron chi connectivity index (χ4n) is 3.91. The van der Waals surface area contributed by atoms with Gasteiger partial charge in [-0.05, 0) is 37.7 Å².